The first kappa shape index (κ1) is 14.9. The van der Waals surface area contributed by atoms with Crippen molar-refractivity contribution in [1.29, 1.82) is 0 Å². The van der Waals surface area contributed by atoms with Crippen LogP contribution in [-0.2, 0) is 13.1 Å². The molecule has 0 bridgehead atoms. The molecule has 0 amide bonds. The molecule has 4 heteroatoms. The van der Waals surface area contributed by atoms with E-state index in [-0.39, 0.29) is 0 Å². The summed E-state index contributed by atoms with van der Waals surface area (Å²) < 4.78 is 2.26. The number of anilines is 1. The number of unbranched alkanes of at least 4 members (excludes halogenated alkanes) is 1. The fourth-order valence-electron chi connectivity index (χ4n) is 2.57. The number of nitrogens with zero attached hydrogens (tertiary/aromatic N) is 2. The quantitative estimate of drug-likeness (QED) is 0.686. The predicted molar refractivity (Wildman–Crippen MR) is 93.4 cm³/mol. The van der Waals surface area contributed by atoms with Gasteiger partial charge in [0.25, 0.3) is 0 Å². The zero-order chi connectivity index (χ0) is 15.4. The molecule has 0 aliphatic heterocycles. The minimum atomic E-state index is 0.676. The van der Waals surface area contributed by atoms with E-state index >= 15 is 0 Å². The van der Waals surface area contributed by atoms with Gasteiger partial charge in [0.05, 0.1) is 11.0 Å². The van der Waals surface area contributed by atoms with Crippen molar-refractivity contribution in [1.82, 2.24) is 9.55 Å². The van der Waals surface area contributed by atoms with Gasteiger partial charge in [-0.3, -0.25) is 0 Å². The number of aromatic nitrogens is 2. The largest absolute Gasteiger partial charge is 0.351 e. The minimum absolute atomic E-state index is 0.676. The van der Waals surface area contributed by atoms with Crippen molar-refractivity contribution in [3.8, 4) is 0 Å². The van der Waals surface area contributed by atoms with Crippen molar-refractivity contribution >= 4 is 28.6 Å². The number of nitrogens with one attached hydrogen (secondary N) is 1. The van der Waals surface area contributed by atoms with Crippen molar-refractivity contribution in [2.75, 3.05) is 5.32 Å². The Morgan fingerprint density at radius 3 is 2.68 bits per heavy atom. The molecule has 22 heavy (non-hydrogen) atoms. The summed E-state index contributed by atoms with van der Waals surface area (Å²) in [5, 5.41) is 4.22. The van der Waals surface area contributed by atoms with Gasteiger partial charge in [-0.2, -0.15) is 0 Å². The Morgan fingerprint density at radius 2 is 1.86 bits per heavy atom. The van der Waals surface area contributed by atoms with Crippen molar-refractivity contribution in [2.45, 2.75) is 32.9 Å². The molecule has 1 N–H and O–H groups in total. The van der Waals surface area contributed by atoms with E-state index in [1.54, 1.807) is 0 Å². The van der Waals surface area contributed by atoms with E-state index in [0.717, 1.165) is 41.4 Å². The smallest absolute Gasteiger partial charge is 0.204 e. The van der Waals surface area contributed by atoms with E-state index in [2.05, 4.69) is 35.0 Å². The molecule has 114 valence electrons. The summed E-state index contributed by atoms with van der Waals surface area (Å²) in [6.45, 7) is 3.85. The van der Waals surface area contributed by atoms with Crippen molar-refractivity contribution in [3.63, 3.8) is 0 Å². The van der Waals surface area contributed by atoms with E-state index in [1.807, 2.05) is 30.3 Å². The second-order valence-electron chi connectivity index (χ2n) is 5.37. The maximum atomic E-state index is 6.23. The van der Waals surface area contributed by atoms with E-state index < -0.39 is 0 Å². The fourth-order valence-corrected chi connectivity index (χ4v) is 2.77. The standard InChI is InChI=1S/C18H20ClN3/c1-2-3-12-22-17-11-7-6-10-16(17)21-18(22)20-13-14-8-4-5-9-15(14)19/h4-11H,2-3,12-13H2,1H3,(H,20,21). The molecule has 1 aromatic heterocycles. The molecule has 3 nitrogen and oxygen atoms in total. The minimum Gasteiger partial charge on any atom is -0.351 e. The third-order valence-electron chi connectivity index (χ3n) is 3.78. The molecular weight excluding hydrogens is 294 g/mol. The number of halogens is 1. The zero-order valence-corrected chi connectivity index (χ0v) is 13.5. The average molecular weight is 314 g/mol. The lowest BCUT2D eigenvalue weighted by Gasteiger charge is -2.11. The van der Waals surface area contributed by atoms with Gasteiger partial charge in [0.1, 0.15) is 0 Å². The number of hydrogen-bond acceptors (Lipinski definition) is 2. The van der Waals surface area contributed by atoms with Crippen LogP contribution in [0.2, 0.25) is 5.02 Å². The summed E-state index contributed by atoms with van der Waals surface area (Å²) in [6.07, 6.45) is 2.30. The number of para-hydroxylation sites is 2. The van der Waals surface area contributed by atoms with Crippen LogP contribution >= 0.6 is 11.6 Å². The Bertz CT molecular complexity index is 764. The van der Waals surface area contributed by atoms with E-state index in [1.165, 1.54) is 5.52 Å². The molecule has 1 heterocycles. The molecule has 0 radical (unpaired) electrons. The maximum Gasteiger partial charge on any atom is 0.204 e. The number of fused-ring (bicyclic) bond motifs is 1. The lowest BCUT2D eigenvalue weighted by atomic mass is 10.2. The fraction of sp³-hybridized carbons (Fsp3) is 0.278. The normalized spacial score (nSPS) is 11.0. The monoisotopic (exact) mass is 313 g/mol. The molecule has 0 saturated carbocycles. The Morgan fingerprint density at radius 1 is 1.09 bits per heavy atom. The second-order valence-corrected chi connectivity index (χ2v) is 5.78. The van der Waals surface area contributed by atoms with Gasteiger partial charge in [-0.1, -0.05) is 55.3 Å². The van der Waals surface area contributed by atoms with Crippen LogP contribution in [0, 0.1) is 0 Å². The molecule has 0 fully saturated rings. The van der Waals surface area contributed by atoms with Crippen LogP contribution in [0.3, 0.4) is 0 Å². The molecule has 0 aliphatic rings. The Hall–Kier alpha value is -2.00. The summed E-state index contributed by atoms with van der Waals surface area (Å²) in [7, 11) is 0. The molecular formula is C18H20ClN3. The Labute approximate surface area is 135 Å². The number of hydrogen-bond donors (Lipinski definition) is 1. The molecule has 2 aromatic carbocycles. The first-order valence-electron chi connectivity index (χ1n) is 7.72. The van der Waals surface area contributed by atoms with Crippen LogP contribution in [-0.4, -0.2) is 9.55 Å². The average Bonchev–Trinajstić information content (AvgIpc) is 2.90. The van der Waals surface area contributed by atoms with Gasteiger partial charge in [-0.15, -0.1) is 0 Å². The van der Waals surface area contributed by atoms with Crippen LogP contribution in [0.15, 0.2) is 48.5 Å². The van der Waals surface area contributed by atoms with Crippen LogP contribution in [0.4, 0.5) is 5.95 Å². The lowest BCUT2D eigenvalue weighted by Crippen LogP contribution is -2.08. The van der Waals surface area contributed by atoms with E-state index in [4.69, 9.17) is 16.6 Å². The van der Waals surface area contributed by atoms with Gasteiger partial charge in [0.2, 0.25) is 5.95 Å². The molecule has 3 rings (SSSR count). The van der Waals surface area contributed by atoms with Crippen molar-refractivity contribution in [3.05, 3.63) is 59.1 Å². The van der Waals surface area contributed by atoms with Gasteiger partial charge >= 0.3 is 0 Å². The lowest BCUT2D eigenvalue weighted by molar-refractivity contribution is 0.649. The number of aryl methyl sites for hydroxylation is 1. The number of rotatable bonds is 6. The summed E-state index contributed by atoms with van der Waals surface area (Å²) in [4.78, 5) is 4.72. The highest BCUT2D eigenvalue weighted by atomic mass is 35.5. The Balaban J connectivity index is 1.87. The highest BCUT2D eigenvalue weighted by Crippen LogP contribution is 2.22. The molecule has 0 atom stereocenters. The number of benzene rings is 2. The molecule has 3 aromatic rings. The summed E-state index contributed by atoms with van der Waals surface area (Å²) in [6, 6.07) is 16.2. The third-order valence-corrected chi connectivity index (χ3v) is 4.15. The predicted octanol–water partition coefficient (Wildman–Crippen LogP) is 5.10. The van der Waals surface area contributed by atoms with Gasteiger partial charge < -0.3 is 9.88 Å². The van der Waals surface area contributed by atoms with Gasteiger partial charge in [0, 0.05) is 18.1 Å². The highest BCUT2D eigenvalue weighted by Gasteiger charge is 2.10. The van der Waals surface area contributed by atoms with Crippen molar-refractivity contribution in [2.24, 2.45) is 0 Å². The summed E-state index contributed by atoms with van der Waals surface area (Å²) in [5.74, 6) is 0.912. The van der Waals surface area contributed by atoms with Gasteiger partial charge in [0.15, 0.2) is 0 Å². The van der Waals surface area contributed by atoms with E-state index in [9.17, 15) is 0 Å². The topological polar surface area (TPSA) is 29.9 Å². The zero-order valence-electron chi connectivity index (χ0n) is 12.7. The van der Waals surface area contributed by atoms with Crippen LogP contribution in [0.1, 0.15) is 25.3 Å². The van der Waals surface area contributed by atoms with Crippen molar-refractivity contribution < 1.29 is 0 Å². The first-order valence-corrected chi connectivity index (χ1v) is 8.10. The molecule has 0 aliphatic carbocycles. The summed E-state index contributed by atoms with van der Waals surface area (Å²) >= 11 is 6.23. The van der Waals surface area contributed by atoms with Crippen LogP contribution in [0.5, 0.6) is 0 Å². The van der Waals surface area contributed by atoms with Crippen LogP contribution in [0.25, 0.3) is 11.0 Å². The van der Waals surface area contributed by atoms with Gasteiger partial charge in [-0.05, 0) is 30.2 Å². The highest BCUT2D eigenvalue weighted by molar-refractivity contribution is 6.31. The molecule has 0 unspecified atom stereocenters. The first-order chi connectivity index (χ1) is 10.8. The summed E-state index contributed by atoms with van der Waals surface area (Å²) in [5.41, 5.74) is 3.29. The molecule has 0 spiro atoms. The van der Waals surface area contributed by atoms with Gasteiger partial charge in [-0.25, -0.2) is 4.98 Å². The van der Waals surface area contributed by atoms with Crippen LogP contribution < -0.4 is 5.32 Å². The van der Waals surface area contributed by atoms with E-state index in [0.29, 0.717) is 6.54 Å². The molecule has 0 saturated heterocycles. The third kappa shape index (κ3) is 3.09. The maximum absolute atomic E-state index is 6.23. The second kappa shape index (κ2) is 6.84. The number of imidazole rings is 1. The SMILES string of the molecule is CCCCn1c(NCc2ccccc2Cl)nc2ccccc21. The Kier molecular flexibility index (Phi) is 4.64.